The number of methoxy groups -OCH3 is 2. The first-order chi connectivity index (χ1) is 14.7. The van der Waals surface area contributed by atoms with Crippen molar-refractivity contribution in [2.24, 2.45) is 0 Å². The lowest BCUT2D eigenvalue weighted by Crippen LogP contribution is -2.06. The molecule has 0 aromatic heterocycles. The molecule has 0 N–H and O–H groups in total. The molecule has 30 heavy (non-hydrogen) atoms. The number of benzene rings is 4. The number of hydrogen-bond donors (Lipinski definition) is 0. The van der Waals surface area contributed by atoms with Gasteiger partial charge in [-0.2, -0.15) is 0 Å². The zero-order chi connectivity index (χ0) is 21.1. The Morgan fingerprint density at radius 1 is 0.600 bits per heavy atom. The van der Waals surface area contributed by atoms with Gasteiger partial charge in [0.1, 0.15) is 11.5 Å². The van der Waals surface area contributed by atoms with Gasteiger partial charge in [-0.15, -0.1) is 0 Å². The Labute approximate surface area is 176 Å². The Balaban J connectivity index is 2.16. The third-order valence-electron chi connectivity index (χ3n) is 5.27. The summed E-state index contributed by atoms with van der Waals surface area (Å²) < 4.78 is 22.7. The van der Waals surface area contributed by atoms with Crippen LogP contribution in [0, 0.1) is 13.8 Å². The van der Waals surface area contributed by atoms with Crippen LogP contribution < -0.4 is 9.47 Å². The molecule has 0 aliphatic rings. The van der Waals surface area contributed by atoms with Gasteiger partial charge in [-0.05, 0) is 58.7 Å². The number of rotatable bonds is 7. The van der Waals surface area contributed by atoms with Crippen LogP contribution in [0.5, 0.6) is 11.5 Å². The lowest BCUT2D eigenvalue weighted by Gasteiger charge is -2.22. The molecule has 0 saturated heterocycles. The van der Waals surface area contributed by atoms with E-state index in [4.69, 9.17) is 18.9 Å². The molecule has 0 spiro atoms. The van der Waals surface area contributed by atoms with Crippen molar-refractivity contribution in [3.63, 3.8) is 0 Å². The molecule has 0 aliphatic heterocycles. The lowest BCUT2D eigenvalue weighted by atomic mass is 9.89. The van der Waals surface area contributed by atoms with Crippen LogP contribution >= 0.6 is 0 Å². The molecular formula is C26H26O4. The quantitative estimate of drug-likeness (QED) is 0.343. The van der Waals surface area contributed by atoms with E-state index in [0.717, 1.165) is 55.3 Å². The molecule has 0 radical (unpaired) electrons. The minimum Gasteiger partial charge on any atom is -0.467 e. The zero-order valence-corrected chi connectivity index (χ0v) is 17.8. The van der Waals surface area contributed by atoms with Gasteiger partial charge in [0.2, 0.25) is 0 Å². The minimum atomic E-state index is 0.171. The Bertz CT molecular complexity index is 1100. The summed E-state index contributed by atoms with van der Waals surface area (Å²) in [6, 6.07) is 21.0. The van der Waals surface area contributed by atoms with Crippen molar-refractivity contribution in [2.75, 3.05) is 27.8 Å². The molecule has 0 aliphatic carbocycles. The summed E-state index contributed by atoms with van der Waals surface area (Å²) >= 11 is 0. The highest BCUT2D eigenvalue weighted by atomic mass is 16.7. The van der Waals surface area contributed by atoms with Crippen LogP contribution in [0.1, 0.15) is 11.1 Å². The second-order valence-corrected chi connectivity index (χ2v) is 7.34. The number of hydrogen-bond acceptors (Lipinski definition) is 4. The van der Waals surface area contributed by atoms with E-state index < -0.39 is 0 Å². The Morgan fingerprint density at radius 3 is 1.40 bits per heavy atom. The minimum absolute atomic E-state index is 0.171. The summed E-state index contributed by atoms with van der Waals surface area (Å²) in [7, 11) is 3.26. The second-order valence-electron chi connectivity index (χ2n) is 7.34. The maximum absolute atomic E-state index is 6.12. The van der Waals surface area contributed by atoms with Crippen molar-refractivity contribution in [3.05, 3.63) is 71.8 Å². The molecule has 4 nitrogen and oxygen atoms in total. The summed E-state index contributed by atoms with van der Waals surface area (Å²) in [6.07, 6.45) is 0. The molecule has 0 amide bonds. The van der Waals surface area contributed by atoms with Crippen molar-refractivity contribution in [1.82, 2.24) is 0 Å². The Morgan fingerprint density at radius 2 is 1.00 bits per heavy atom. The fraction of sp³-hybridized carbons (Fsp3) is 0.231. The van der Waals surface area contributed by atoms with Gasteiger partial charge in [-0.3, -0.25) is 0 Å². The van der Waals surface area contributed by atoms with Crippen molar-refractivity contribution in [2.45, 2.75) is 13.8 Å². The molecule has 4 aromatic carbocycles. The Kier molecular flexibility index (Phi) is 5.88. The van der Waals surface area contributed by atoms with Crippen LogP contribution in [0.25, 0.3) is 32.7 Å². The maximum Gasteiger partial charge on any atom is 0.188 e. The van der Waals surface area contributed by atoms with Crippen LogP contribution in [-0.2, 0) is 9.47 Å². The largest absolute Gasteiger partial charge is 0.467 e. The van der Waals surface area contributed by atoms with Crippen molar-refractivity contribution in [3.8, 4) is 22.6 Å². The average Bonchev–Trinajstić information content (AvgIpc) is 2.76. The molecule has 0 fully saturated rings. The first kappa shape index (κ1) is 20.2. The molecule has 154 valence electrons. The maximum atomic E-state index is 6.12. The van der Waals surface area contributed by atoms with Gasteiger partial charge in [0.25, 0.3) is 0 Å². The summed E-state index contributed by atoms with van der Waals surface area (Å²) in [4.78, 5) is 0. The molecule has 4 heteroatoms. The van der Waals surface area contributed by atoms with E-state index >= 15 is 0 Å². The normalized spacial score (nSPS) is 11.2. The molecule has 4 rings (SSSR count). The molecule has 0 saturated carbocycles. The average molecular weight is 402 g/mol. The van der Waals surface area contributed by atoms with E-state index in [1.54, 1.807) is 14.2 Å². The summed E-state index contributed by atoms with van der Waals surface area (Å²) in [6.45, 7) is 4.47. The topological polar surface area (TPSA) is 36.9 Å². The monoisotopic (exact) mass is 402 g/mol. The molecule has 0 bridgehead atoms. The van der Waals surface area contributed by atoms with Gasteiger partial charge >= 0.3 is 0 Å². The highest BCUT2D eigenvalue weighted by Gasteiger charge is 2.22. The predicted molar refractivity (Wildman–Crippen MR) is 121 cm³/mol. The van der Waals surface area contributed by atoms with E-state index in [1.807, 2.05) is 0 Å². The standard InChI is InChI=1S/C26H26O4/c1-17-13-19-9-5-7-11-21(19)23(25(17)29-15-27-3)24-22-12-8-6-10-20(22)14-18(2)26(24)30-16-28-4/h5-14H,15-16H2,1-4H3. The van der Waals surface area contributed by atoms with E-state index in [-0.39, 0.29) is 13.6 Å². The van der Waals surface area contributed by atoms with Crippen molar-refractivity contribution >= 4 is 21.5 Å². The SMILES string of the molecule is COCOc1c(C)cc2ccccc2c1-c1c(OCOC)c(C)cc2ccccc12. The Hall–Kier alpha value is -3.08. The van der Waals surface area contributed by atoms with Gasteiger partial charge in [-0.25, -0.2) is 0 Å². The van der Waals surface area contributed by atoms with Gasteiger partial charge in [0, 0.05) is 25.3 Å². The molecule has 0 heterocycles. The lowest BCUT2D eigenvalue weighted by molar-refractivity contribution is 0.0497. The number of fused-ring (bicyclic) bond motifs is 2. The molecule has 0 unspecified atom stereocenters. The van der Waals surface area contributed by atoms with Gasteiger partial charge in [-0.1, -0.05) is 48.5 Å². The number of ether oxygens (including phenoxy) is 4. The first-order valence-electron chi connectivity index (χ1n) is 9.94. The van der Waals surface area contributed by atoms with Crippen LogP contribution in [-0.4, -0.2) is 27.8 Å². The first-order valence-corrected chi connectivity index (χ1v) is 9.94. The van der Waals surface area contributed by atoms with E-state index in [0.29, 0.717) is 0 Å². The van der Waals surface area contributed by atoms with Crippen LogP contribution in [0.3, 0.4) is 0 Å². The third kappa shape index (κ3) is 3.60. The van der Waals surface area contributed by atoms with E-state index in [9.17, 15) is 0 Å². The van der Waals surface area contributed by atoms with Crippen LogP contribution in [0.15, 0.2) is 60.7 Å². The summed E-state index contributed by atoms with van der Waals surface area (Å²) in [5.41, 5.74) is 4.11. The fourth-order valence-electron chi connectivity index (χ4n) is 4.04. The zero-order valence-electron chi connectivity index (χ0n) is 17.8. The number of aryl methyl sites for hydroxylation is 2. The fourth-order valence-corrected chi connectivity index (χ4v) is 4.04. The third-order valence-corrected chi connectivity index (χ3v) is 5.27. The summed E-state index contributed by atoms with van der Waals surface area (Å²) in [5, 5.41) is 4.51. The van der Waals surface area contributed by atoms with Gasteiger partial charge in [0.15, 0.2) is 13.6 Å². The van der Waals surface area contributed by atoms with Crippen molar-refractivity contribution < 1.29 is 18.9 Å². The van der Waals surface area contributed by atoms with Crippen LogP contribution in [0.2, 0.25) is 0 Å². The summed E-state index contributed by atoms with van der Waals surface area (Å²) in [5.74, 6) is 1.60. The van der Waals surface area contributed by atoms with E-state index in [1.165, 1.54) is 0 Å². The smallest absolute Gasteiger partial charge is 0.188 e. The van der Waals surface area contributed by atoms with Crippen LogP contribution in [0.4, 0.5) is 0 Å². The predicted octanol–water partition coefficient (Wildman–Crippen LogP) is 6.24. The van der Waals surface area contributed by atoms with E-state index in [2.05, 4.69) is 74.5 Å². The van der Waals surface area contributed by atoms with Crippen molar-refractivity contribution in [1.29, 1.82) is 0 Å². The van der Waals surface area contributed by atoms with Gasteiger partial charge < -0.3 is 18.9 Å². The molecule has 0 atom stereocenters. The highest BCUT2D eigenvalue weighted by molar-refractivity contribution is 6.10. The second kappa shape index (κ2) is 8.74. The molecule has 4 aromatic rings. The highest BCUT2D eigenvalue weighted by Crippen LogP contribution is 2.48. The molecular weight excluding hydrogens is 376 g/mol. The van der Waals surface area contributed by atoms with Gasteiger partial charge in [0.05, 0.1) is 0 Å².